The number of amides is 2. The lowest BCUT2D eigenvalue weighted by Crippen LogP contribution is -2.45. The van der Waals surface area contributed by atoms with E-state index in [4.69, 9.17) is 0 Å². The highest BCUT2D eigenvalue weighted by Gasteiger charge is 2.27. The summed E-state index contributed by atoms with van der Waals surface area (Å²) in [4.78, 5) is 27.2. The molecule has 1 heterocycles. The molecule has 5 heteroatoms. The van der Waals surface area contributed by atoms with Gasteiger partial charge in [-0.1, -0.05) is 36.4 Å². The van der Waals surface area contributed by atoms with Crippen molar-refractivity contribution in [3.05, 3.63) is 65.2 Å². The quantitative estimate of drug-likeness (QED) is 0.784. The third-order valence-electron chi connectivity index (χ3n) is 5.69. The molecule has 2 aromatic rings. The van der Waals surface area contributed by atoms with Crippen LogP contribution in [0.1, 0.15) is 42.5 Å². The second-order valence-corrected chi connectivity index (χ2v) is 8.06. The molecule has 1 aliphatic heterocycles. The molecule has 0 aromatic heterocycles. The maximum absolute atomic E-state index is 12.6. The number of nitrogens with zero attached hydrogens (tertiary/aromatic N) is 1. The van der Waals surface area contributed by atoms with Gasteiger partial charge < -0.3 is 10.6 Å². The largest absolute Gasteiger partial charge is 0.348 e. The van der Waals surface area contributed by atoms with E-state index in [1.54, 1.807) is 0 Å². The fraction of sp³-hybridized carbons (Fsp3) is 0.417. The van der Waals surface area contributed by atoms with Crippen molar-refractivity contribution >= 4 is 17.5 Å². The molecule has 1 aliphatic rings. The predicted molar refractivity (Wildman–Crippen MR) is 117 cm³/mol. The van der Waals surface area contributed by atoms with E-state index in [9.17, 15) is 9.59 Å². The zero-order valence-corrected chi connectivity index (χ0v) is 17.6. The second kappa shape index (κ2) is 9.70. The van der Waals surface area contributed by atoms with Crippen LogP contribution in [0.2, 0.25) is 0 Å². The van der Waals surface area contributed by atoms with Crippen molar-refractivity contribution in [2.24, 2.45) is 5.92 Å². The van der Waals surface area contributed by atoms with Crippen molar-refractivity contribution in [3.8, 4) is 0 Å². The van der Waals surface area contributed by atoms with Crippen LogP contribution in [0.15, 0.2) is 48.5 Å². The molecule has 154 valence electrons. The Morgan fingerprint density at radius 2 is 1.86 bits per heavy atom. The number of benzene rings is 2. The van der Waals surface area contributed by atoms with E-state index in [2.05, 4.69) is 47.6 Å². The van der Waals surface area contributed by atoms with Crippen molar-refractivity contribution in [3.63, 3.8) is 0 Å². The first-order chi connectivity index (χ1) is 13.9. The standard InChI is InChI=1S/C24H31N3O2/c1-17-11-12-20(14-18(17)2)19(3)25-23(28)16-27-13-7-8-21(15-27)24(29)26-22-9-5-4-6-10-22/h4-6,9-12,14,19,21H,7-8,13,15-16H2,1-3H3,(H,25,28)(H,26,29)/t19-,21-/m0/s1. The minimum Gasteiger partial charge on any atom is -0.348 e. The maximum atomic E-state index is 12.6. The zero-order valence-electron chi connectivity index (χ0n) is 17.6. The topological polar surface area (TPSA) is 61.4 Å². The van der Waals surface area contributed by atoms with Crippen LogP contribution in [0.3, 0.4) is 0 Å². The first kappa shape index (κ1) is 21.1. The van der Waals surface area contributed by atoms with Gasteiger partial charge >= 0.3 is 0 Å². The number of nitrogens with one attached hydrogen (secondary N) is 2. The van der Waals surface area contributed by atoms with Crippen molar-refractivity contribution in [2.75, 3.05) is 25.0 Å². The molecule has 5 nitrogen and oxygen atoms in total. The zero-order chi connectivity index (χ0) is 20.8. The van der Waals surface area contributed by atoms with E-state index >= 15 is 0 Å². The molecule has 0 aliphatic carbocycles. The molecule has 2 amide bonds. The average molecular weight is 394 g/mol. The Morgan fingerprint density at radius 3 is 2.59 bits per heavy atom. The Labute approximate surface area is 173 Å². The lowest BCUT2D eigenvalue weighted by atomic mass is 9.97. The van der Waals surface area contributed by atoms with Crippen LogP contribution in [-0.4, -0.2) is 36.3 Å². The Kier molecular flexibility index (Phi) is 7.04. The van der Waals surface area contributed by atoms with Crippen LogP contribution in [0.5, 0.6) is 0 Å². The minimum atomic E-state index is -0.0890. The Bertz CT molecular complexity index is 850. The third kappa shape index (κ3) is 5.91. The molecule has 2 N–H and O–H groups in total. The molecule has 0 radical (unpaired) electrons. The van der Waals surface area contributed by atoms with Gasteiger partial charge in [-0.15, -0.1) is 0 Å². The van der Waals surface area contributed by atoms with Crippen molar-refractivity contribution < 1.29 is 9.59 Å². The molecule has 1 fully saturated rings. The minimum absolute atomic E-state index is 0.000143. The van der Waals surface area contributed by atoms with E-state index in [1.807, 2.05) is 37.3 Å². The summed E-state index contributed by atoms with van der Waals surface area (Å²) in [5.41, 5.74) is 4.40. The van der Waals surface area contributed by atoms with Gasteiger partial charge in [-0.2, -0.15) is 0 Å². The fourth-order valence-electron chi connectivity index (χ4n) is 3.79. The average Bonchev–Trinajstić information content (AvgIpc) is 2.71. The number of piperidine rings is 1. The summed E-state index contributed by atoms with van der Waals surface area (Å²) in [5.74, 6) is -0.0569. The van der Waals surface area contributed by atoms with Gasteiger partial charge in [0.2, 0.25) is 11.8 Å². The second-order valence-electron chi connectivity index (χ2n) is 8.06. The summed E-state index contributed by atoms with van der Waals surface area (Å²) in [6.45, 7) is 7.97. The van der Waals surface area contributed by atoms with Crippen LogP contribution >= 0.6 is 0 Å². The Balaban J connectivity index is 1.50. The highest BCUT2D eigenvalue weighted by molar-refractivity contribution is 5.92. The predicted octanol–water partition coefficient (Wildman–Crippen LogP) is 3.83. The van der Waals surface area contributed by atoms with Gasteiger partial charge in [-0.05, 0) is 69.0 Å². The Morgan fingerprint density at radius 1 is 1.10 bits per heavy atom. The first-order valence-electron chi connectivity index (χ1n) is 10.4. The van der Waals surface area contributed by atoms with Crippen LogP contribution in [0.4, 0.5) is 5.69 Å². The summed E-state index contributed by atoms with van der Waals surface area (Å²) >= 11 is 0. The van der Waals surface area contributed by atoms with Gasteiger partial charge in [-0.25, -0.2) is 0 Å². The number of anilines is 1. The molecular weight excluding hydrogens is 362 g/mol. The highest BCUT2D eigenvalue weighted by atomic mass is 16.2. The molecule has 0 spiro atoms. The Hall–Kier alpha value is -2.66. The van der Waals surface area contributed by atoms with Crippen molar-refractivity contribution in [2.45, 2.75) is 39.7 Å². The number of carbonyl (C=O) groups is 2. The molecule has 0 bridgehead atoms. The van der Waals surface area contributed by atoms with Crippen molar-refractivity contribution in [1.29, 1.82) is 0 Å². The molecule has 0 unspecified atom stereocenters. The van der Waals surface area contributed by atoms with Crippen LogP contribution < -0.4 is 10.6 Å². The third-order valence-corrected chi connectivity index (χ3v) is 5.69. The van der Waals surface area contributed by atoms with E-state index in [0.717, 1.165) is 30.6 Å². The van der Waals surface area contributed by atoms with Gasteiger partial charge in [0.25, 0.3) is 0 Å². The lowest BCUT2D eigenvalue weighted by Gasteiger charge is -2.31. The van der Waals surface area contributed by atoms with E-state index in [1.165, 1.54) is 11.1 Å². The maximum Gasteiger partial charge on any atom is 0.234 e. The summed E-state index contributed by atoms with van der Waals surface area (Å²) in [7, 11) is 0. The number of hydrogen-bond acceptors (Lipinski definition) is 3. The summed E-state index contributed by atoms with van der Waals surface area (Å²) in [5, 5.41) is 6.08. The van der Waals surface area contributed by atoms with Gasteiger partial charge in [-0.3, -0.25) is 14.5 Å². The monoisotopic (exact) mass is 393 g/mol. The number of rotatable bonds is 6. The molecular formula is C24H31N3O2. The smallest absolute Gasteiger partial charge is 0.234 e. The number of para-hydroxylation sites is 1. The highest BCUT2D eigenvalue weighted by Crippen LogP contribution is 2.20. The summed E-state index contributed by atoms with van der Waals surface area (Å²) in [6.07, 6.45) is 1.78. The summed E-state index contributed by atoms with van der Waals surface area (Å²) < 4.78 is 0. The molecule has 3 rings (SSSR count). The number of hydrogen-bond donors (Lipinski definition) is 2. The first-order valence-corrected chi connectivity index (χ1v) is 10.4. The van der Waals surface area contributed by atoms with Crippen LogP contribution in [-0.2, 0) is 9.59 Å². The normalized spacial score (nSPS) is 18.1. The molecule has 29 heavy (non-hydrogen) atoms. The van der Waals surface area contributed by atoms with Gasteiger partial charge in [0.15, 0.2) is 0 Å². The van der Waals surface area contributed by atoms with E-state index < -0.39 is 0 Å². The summed E-state index contributed by atoms with van der Waals surface area (Å²) in [6, 6.07) is 15.8. The fourth-order valence-corrected chi connectivity index (χ4v) is 3.79. The van der Waals surface area contributed by atoms with Gasteiger partial charge in [0, 0.05) is 12.2 Å². The van der Waals surface area contributed by atoms with E-state index in [-0.39, 0.29) is 23.8 Å². The van der Waals surface area contributed by atoms with Gasteiger partial charge in [0.05, 0.1) is 18.5 Å². The lowest BCUT2D eigenvalue weighted by molar-refractivity contribution is -0.126. The number of likely N-dealkylation sites (tertiary alicyclic amines) is 1. The van der Waals surface area contributed by atoms with Gasteiger partial charge in [0.1, 0.15) is 0 Å². The molecule has 1 saturated heterocycles. The van der Waals surface area contributed by atoms with E-state index in [0.29, 0.717) is 13.1 Å². The molecule has 2 aromatic carbocycles. The van der Waals surface area contributed by atoms with Crippen LogP contribution in [0.25, 0.3) is 0 Å². The molecule has 0 saturated carbocycles. The number of carbonyl (C=O) groups excluding carboxylic acids is 2. The molecule has 2 atom stereocenters. The van der Waals surface area contributed by atoms with Crippen molar-refractivity contribution in [1.82, 2.24) is 10.2 Å². The van der Waals surface area contributed by atoms with Crippen LogP contribution in [0, 0.1) is 19.8 Å². The SMILES string of the molecule is Cc1ccc([C@H](C)NC(=O)CN2CCC[C@H](C(=O)Nc3ccccc3)C2)cc1C. The number of aryl methyl sites for hydroxylation is 2.